The maximum absolute atomic E-state index is 13.9. The number of rotatable bonds is 4. The molecule has 0 saturated heterocycles. The summed E-state index contributed by atoms with van der Waals surface area (Å²) >= 11 is 6.12. The summed E-state index contributed by atoms with van der Waals surface area (Å²) in [6.45, 7) is 6.10. The molecule has 7 nitrogen and oxygen atoms in total. The van der Waals surface area contributed by atoms with Crippen molar-refractivity contribution in [3.8, 4) is 0 Å². The number of benzene rings is 1. The molecule has 3 aromatic rings. The van der Waals surface area contributed by atoms with E-state index in [0.29, 0.717) is 38.3 Å². The number of anilines is 1. The van der Waals surface area contributed by atoms with E-state index in [9.17, 15) is 14.4 Å². The maximum Gasteiger partial charge on any atom is 0.338 e. The van der Waals surface area contributed by atoms with E-state index < -0.39 is 12.0 Å². The second-order valence-corrected chi connectivity index (χ2v) is 10.6. The number of ether oxygens (including phenoxy) is 1. The van der Waals surface area contributed by atoms with E-state index in [2.05, 4.69) is 20.9 Å². The Morgan fingerprint density at radius 2 is 2.03 bits per heavy atom. The third-order valence-corrected chi connectivity index (χ3v) is 8.30. The summed E-state index contributed by atoms with van der Waals surface area (Å²) in [4.78, 5) is 47.8. The molecule has 0 saturated carbocycles. The molecule has 10 heteroatoms. The number of aromatic nitrogens is 1. The smallest absolute Gasteiger partial charge is 0.338 e. The number of carbonyl (C=O) groups excluding carboxylic acids is 2. The summed E-state index contributed by atoms with van der Waals surface area (Å²) in [5.41, 5.74) is 2.35. The monoisotopic (exact) mass is 557 g/mol. The summed E-state index contributed by atoms with van der Waals surface area (Å²) in [7, 11) is 0. The summed E-state index contributed by atoms with van der Waals surface area (Å²) in [6, 6.07) is 8.73. The first-order valence-electron chi connectivity index (χ1n) is 10.7. The van der Waals surface area contributed by atoms with Crippen LogP contribution in [-0.2, 0) is 14.3 Å². The molecule has 1 amide bonds. The number of fused-ring (bicyclic) bond motifs is 2. The molecular weight excluding hydrogens is 538 g/mol. The van der Waals surface area contributed by atoms with Gasteiger partial charge in [-0.1, -0.05) is 33.3 Å². The van der Waals surface area contributed by atoms with Crippen LogP contribution in [0.3, 0.4) is 0 Å². The number of likely N-dealkylation sites (N-methyl/N-ethyl adjacent to an activating group) is 1. The van der Waals surface area contributed by atoms with Gasteiger partial charge < -0.3 is 9.64 Å². The second-order valence-electron chi connectivity index (χ2n) is 7.72. The predicted octanol–water partition coefficient (Wildman–Crippen LogP) is 3.36. The number of nitrogens with zero attached hydrogens (tertiary/aromatic N) is 3. The van der Waals surface area contributed by atoms with Crippen molar-refractivity contribution < 1.29 is 14.3 Å². The quantitative estimate of drug-likeness (QED) is 0.460. The Morgan fingerprint density at radius 3 is 2.71 bits per heavy atom. The third kappa shape index (κ3) is 3.43. The standard InChI is InChI=1S/C24H20BrN3O4S2/c1-4-27-15-9-8-13(25)11-14(15)18(21(27)29)20-22(30)28-19(16-7-6-10-33-16)17(23(31)32-5-2)12(3)26-24(28)34-20/h6-11,19H,4-5H2,1-3H3/b20-18+/t19-/m0/s1. The molecule has 0 unspecified atom stereocenters. The molecule has 34 heavy (non-hydrogen) atoms. The van der Waals surface area contributed by atoms with Crippen molar-refractivity contribution in [2.45, 2.75) is 26.8 Å². The molecule has 0 N–H and O–H groups in total. The topological polar surface area (TPSA) is 81.0 Å². The molecule has 0 spiro atoms. The van der Waals surface area contributed by atoms with E-state index >= 15 is 0 Å². The maximum atomic E-state index is 13.9. The SMILES string of the molecule is CCOC(=O)C1=C(C)N=c2s/c(=C3/C(=O)N(CC)c4ccc(Br)cc43)c(=O)n2[C@H]1c1cccs1. The van der Waals surface area contributed by atoms with Gasteiger partial charge in [-0.15, -0.1) is 11.3 Å². The number of hydrogen-bond donors (Lipinski definition) is 0. The van der Waals surface area contributed by atoms with E-state index in [1.165, 1.54) is 27.2 Å². The Morgan fingerprint density at radius 1 is 1.24 bits per heavy atom. The van der Waals surface area contributed by atoms with Gasteiger partial charge in [-0.2, -0.15) is 0 Å². The molecule has 2 aromatic heterocycles. The first-order chi connectivity index (χ1) is 16.4. The van der Waals surface area contributed by atoms with Crippen LogP contribution in [0.2, 0.25) is 0 Å². The molecule has 0 aliphatic carbocycles. The van der Waals surface area contributed by atoms with Crippen LogP contribution >= 0.6 is 38.6 Å². The predicted molar refractivity (Wildman–Crippen MR) is 136 cm³/mol. The van der Waals surface area contributed by atoms with Crippen LogP contribution in [0.4, 0.5) is 5.69 Å². The summed E-state index contributed by atoms with van der Waals surface area (Å²) in [6.07, 6.45) is 0. The zero-order valence-electron chi connectivity index (χ0n) is 18.6. The van der Waals surface area contributed by atoms with E-state index in [-0.39, 0.29) is 18.1 Å². The van der Waals surface area contributed by atoms with Crippen molar-refractivity contribution in [1.29, 1.82) is 0 Å². The van der Waals surface area contributed by atoms with Crippen LogP contribution in [0.25, 0.3) is 5.57 Å². The molecule has 0 fully saturated rings. The number of thiazole rings is 1. The van der Waals surface area contributed by atoms with Crippen molar-refractivity contribution in [2.24, 2.45) is 4.99 Å². The summed E-state index contributed by atoms with van der Waals surface area (Å²) in [5.74, 6) is -0.710. The van der Waals surface area contributed by atoms with Crippen molar-refractivity contribution in [2.75, 3.05) is 18.1 Å². The highest BCUT2D eigenvalue weighted by molar-refractivity contribution is 9.10. The largest absolute Gasteiger partial charge is 0.463 e. The fourth-order valence-electron chi connectivity index (χ4n) is 4.39. The van der Waals surface area contributed by atoms with Gasteiger partial charge in [0.15, 0.2) is 4.80 Å². The van der Waals surface area contributed by atoms with Gasteiger partial charge in [0, 0.05) is 21.5 Å². The molecule has 1 aromatic carbocycles. The van der Waals surface area contributed by atoms with Gasteiger partial charge >= 0.3 is 5.97 Å². The van der Waals surface area contributed by atoms with Crippen molar-refractivity contribution >= 4 is 61.7 Å². The molecular formula is C24H20BrN3O4S2. The Labute approximate surface area is 211 Å². The van der Waals surface area contributed by atoms with Crippen LogP contribution in [0.1, 0.15) is 37.3 Å². The van der Waals surface area contributed by atoms with Crippen LogP contribution in [0, 0.1) is 0 Å². The number of carbonyl (C=O) groups is 2. The zero-order valence-corrected chi connectivity index (χ0v) is 21.8. The number of esters is 1. The average molecular weight is 558 g/mol. The van der Waals surface area contributed by atoms with E-state index in [0.717, 1.165) is 15.0 Å². The Hall–Kier alpha value is -2.82. The second kappa shape index (κ2) is 8.75. The van der Waals surface area contributed by atoms with Gasteiger partial charge in [0.25, 0.3) is 11.5 Å². The lowest BCUT2D eigenvalue weighted by atomic mass is 10.0. The van der Waals surface area contributed by atoms with Gasteiger partial charge in [-0.25, -0.2) is 9.79 Å². The van der Waals surface area contributed by atoms with Crippen molar-refractivity contribution in [3.63, 3.8) is 0 Å². The van der Waals surface area contributed by atoms with E-state index in [1.54, 1.807) is 18.7 Å². The lowest BCUT2D eigenvalue weighted by molar-refractivity contribution is -0.139. The molecule has 0 radical (unpaired) electrons. The van der Waals surface area contributed by atoms with E-state index in [4.69, 9.17) is 4.74 Å². The van der Waals surface area contributed by atoms with Gasteiger partial charge in [-0.3, -0.25) is 14.2 Å². The van der Waals surface area contributed by atoms with Gasteiger partial charge in [0.05, 0.1) is 29.1 Å². The Bertz CT molecular complexity index is 1550. The van der Waals surface area contributed by atoms with E-state index in [1.807, 2.05) is 42.6 Å². The van der Waals surface area contributed by atoms with Crippen molar-refractivity contribution in [3.05, 3.63) is 81.6 Å². The molecule has 2 aliphatic rings. The highest BCUT2D eigenvalue weighted by atomic mass is 79.9. The fraction of sp³-hybridized carbons (Fsp3) is 0.250. The summed E-state index contributed by atoms with van der Waals surface area (Å²) < 4.78 is 7.97. The normalized spacial score (nSPS) is 18.6. The Kier molecular flexibility index (Phi) is 5.91. The van der Waals surface area contributed by atoms with Crippen LogP contribution < -0.4 is 19.8 Å². The van der Waals surface area contributed by atoms with Crippen LogP contribution in [-0.4, -0.2) is 29.6 Å². The van der Waals surface area contributed by atoms with Gasteiger partial charge in [0.2, 0.25) is 0 Å². The lowest BCUT2D eigenvalue weighted by Crippen LogP contribution is -2.40. The number of amides is 1. The fourth-order valence-corrected chi connectivity index (χ4v) is 6.72. The number of thiophene rings is 1. The first-order valence-corrected chi connectivity index (χ1v) is 13.2. The minimum atomic E-state index is -0.662. The van der Waals surface area contributed by atoms with Gasteiger partial charge in [-0.05, 0) is 50.4 Å². The van der Waals surface area contributed by atoms with Crippen LogP contribution in [0.5, 0.6) is 0 Å². The molecule has 174 valence electrons. The molecule has 0 bridgehead atoms. The first kappa shape index (κ1) is 22.9. The van der Waals surface area contributed by atoms with Crippen molar-refractivity contribution in [1.82, 2.24) is 4.57 Å². The third-order valence-electron chi connectivity index (χ3n) is 5.83. The highest BCUT2D eigenvalue weighted by Gasteiger charge is 2.37. The minimum Gasteiger partial charge on any atom is -0.463 e. The van der Waals surface area contributed by atoms with Crippen LogP contribution in [0.15, 0.2) is 61.2 Å². The highest BCUT2D eigenvalue weighted by Crippen LogP contribution is 2.37. The number of allylic oxidation sites excluding steroid dienone is 1. The zero-order chi connectivity index (χ0) is 24.1. The molecule has 2 aliphatic heterocycles. The molecule has 5 rings (SSSR count). The number of halogens is 1. The summed E-state index contributed by atoms with van der Waals surface area (Å²) in [5, 5.41) is 1.90. The number of hydrogen-bond acceptors (Lipinski definition) is 7. The van der Waals surface area contributed by atoms with Gasteiger partial charge in [0.1, 0.15) is 10.6 Å². The Balaban J connectivity index is 1.83. The average Bonchev–Trinajstić information content (AvgIpc) is 3.50. The molecule has 4 heterocycles. The lowest BCUT2D eigenvalue weighted by Gasteiger charge is -2.23. The molecule has 1 atom stereocenters. The minimum absolute atomic E-state index is 0.213.